The summed E-state index contributed by atoms with van der Waals surface area (Å²) in [5, 5.41) is 12.1. The van der Waals surface area contributed by atoms with Gasteiger partial charge in [-0.05, 0) is 57.5 Å². The van der Waals surface area contributed by atoms with Crippen LogP contribution in [0.3, 0.4) is 0 Å². The molecule has 1 aliphatic rings. The SMILES string of the molecule is Cc1ccc(CN(C)C)cc1NC(=O)C(F)(F)C1(O)CCC1. The Morgan fingerprint density at radius 3 is 2.55 bits per heavy atom. The van der Waals surface area contributed by atoms with Gasteiger partial charge in [0.1, 0.15) is 5.60 Å². The number of aliphatic hydroxyl groups is 1. The Balaban J connectivity index is 2.17. The summed E-state index contributed by atoms with van der Waals surface area (Å²) in [5.74, 6) is -5.23. The Labute approximate surface area is 129 Å². The quantitative estimate of drug-likeness (QED) is 0.878. The minimum atomic E-state index is -3.78. The molecule has 0 aromatic heterocycles. The number of aryl methyl sites for hydroxylation is 1. The number of hydrogen-bond acceptors (Lipinski definition) is 3. The lowest BCUT2D eigenvalue weighted by molar-refractivity contribution is -0.212. The number of carbonyl (C=O) groups excluding carboxylic acids is 1. The van der Waals surface area contributed by atoms with E-state index in [-0.39, 0.29) is 12.8 Å². The first kappa shape index (κ1) is 16.8. The Morgan fingerprint density at radius 2 is 2.05 bits per heavy atom. The molecule has 0 unspecified atom stereocenters. The van der Waals surface area contributed by atoms with Crippen molar-refractivity contribution in [2.45, 2.75) is 44.3 Å². The minimum absolute atomic E-state index is 0.0485. The molecule has 4 nitrogen and oxygen atoms in total. The van der Waals surface area contributed by atoms with Crippen LogP contribution >= 0.6 is 0 Å². The number of halogens is 2. The molecule has 2 rings (SSSR count). The van der Waals surface area contributed by atoms with Gasteiger partial charge in [-0.3, -0.25) is 4.79 Å². The number of alkyl halides is 2. The molecule has 1 aromatic carbocycles. The number of carbonyl (C=O) groups is 1. The standard InChI is InChI=1S/C16H22F2N2O2/c1-11-5-6-12(10-20(2)3)9-13(11)19-14(21)16(17,18)15(22)7-4-8-15/h5-6,9,22H,4,7-8,10H2,1-3H3,(H,19,21). The maximum absolute atomic E-state index is 14.1. The largest absolute Gasteiger partial charge is 0.383 e. The van der Waals surface area contributed by atoms with E-state index < -0.39 is 17.4 Å². The Morgan fingerprint density at radius 1 is 1.41 bits per heavy atom. The number of rotatable bonds is 5. The summed E-state index contributed by atoms with van der Waals surface area (Å²) in [6.45, 7) is 2.38. The summed E-state index contributed by atoms with van der Waals surface area (Å²) in [6.07, 6.45) is 0.414. The highest BCUT2D eigenvalue weighted by Crippen LogP contribution is 2.44. The smallest absolute Gasteiger partial charge is 0.352 e. The molecule has 1 aromatic rings. The molecule has 6 heteroatoms. The van der Waals surface area contributed by atoms with Gasteiger partial charge in [0.2, 0.25) is 0 Å². The molecule has 122 valence electrons. The summed E-state index contributed by atoms with van der Waals surface area (Å²) in [5.41, 5.74) is -0.234. The molecular formula is C16H22F2N2O2. The molecule has 0 radical (unpaired) electrons. The molecule has 1 saturated carbocycles. The maximum Gasteiger partial charge on any atom is 0.352 e. The average Bonchev–Trinajstić information content (AvgIpc) is 2.38. The Bertz CT molecular complexity index is 569. The van der Waals surface area contributed by atoms with Crippen LogP contribution < -0.4 is 5.32 Å². The molecule has 0 atom stereocenters. The van der Waals surface area contributed by atoms with Crippen LogP contribution in [0.1, 0.15) is 30.4 Å². The lowest BCUT2D eigenvalue weighted by Gasteiger charge is -2.41. The van der Waals surface area contributed by atoms with E-state index in [1.807, 2.05) is 25.1 Å². The zero-order chi connectivity index (χ0) is 16.5. The van der Waals surface area contributed by atoms with Crippen molar-refractivity contribution in [3.63, 3.8) is 0 Å². The third-order valence-electron chi connectivity index (χ3n) is 4.10. The predicted molar refractivity (Wildman–Crippen MR) is 80.9 cm³/mol. The maximum atomic E-state index is 14.1. The van der Waals surface area contributed by atoms with E-state index >= 15 is 0 Å². The highest BCUT2D eigenvalue weighted by molar-refractivity contribution is 5.97. The summed E-state index contributed by atoms with van der Waals surface area (Å²) in [6, 6.07) is 5.36. The van der Waals surface area contributed by atoms with Gasteiger partial charge in [0, 0.05) is 12.2 Å². The lowest BCUT2D eigenvalue weighted by atomic mass is 9.75. The topological polar surface area (TPSA) is 52.6 Å². The highest BCUT2D eigenvalue weighted by atomic mass is 19.3. The van der Waals surface area contributed by atoms with Crippen molar-refractivity contribution in [3.05, 3.63) is 29.3 Å². The van der Waals surface area contributed by atoms with Crippen LogP contribution in [0.25, 0.3) is 0 Å². The molecular weight excluding hydrogens is 290 g/mol. The van der Waals surface area contributed by atoms with E-state index in [1.54, 1.807) is 19.1 Å². The van der Waals surface area contributed by atoms with Crippen molar-refractivity contribution >= 4 is 11.6 Å². The molecule has 0 bridgehead atoms. The van der Waals surface area contributed by atoms with Gasteiger partial charge in [-0.2, -0.15) is 8.78 Å². The Kier molecular flexibility index (Phi) is 4.54. The van der Waals surface area contributed by atoms with Crippen LogP contribution in [0.15, 0.2) is 18.2 Å². The monoisotopic (exact) mass is 312 g/mol. The fraction of sp³-hybridized carbons (Fsp3) is 0.562. The van der Waals surface area contributed by atoms with Crippen molar-refractivity contribution < 1.29 is 18.7 Å². The fourth-order valence-corrected chi connectivity index (χ4v) is 2.51. The van der Waals surface area contributed by atoms with Crippen LogP contribution in [0.5, 0.6) is 0 Å². The van der Waals surface area contributed by atoms with E-state index in [9.17, 15) is 18.7 Å². The summed E-state index contributed by atoms with van der Waals surface area (Å²) < 4.78 is 28.2. The van der Waals surface area contributed by atoms with Crippen LogP contribution in [0.2, 0.25) is 0 Å². The zero-order valence-electron chi connectivity index (χ0n) is 13.1. The predicted octanol–water partition coefficient (Wildman–Crippen LogP) is 2.55. The third kappa shape index (κ3) is 3.13. The van der Waals surface area contributed by atoms with E-state index in [0.717, 1.165) is 5.56 Å². The van der Waals surface area contributed by atoms with Crippen LogP contribution in [0, 0.1) is 6.92 Å². The number of nitrogens with one attached hydrogen (secondary N) is 1. The summed E-state index contributed by atoms with van der Waals surface area (Å²) in [4.78, 5) is 13.9. The van der Waals surface area contributed by atoms with E-state index in [0.29, 0.717) is 24.2 Å². The lowest BCUT2D eigenvalue weighted by Crippen LogP contribution is -2.59. The molecule has 1 amide bonds. The van der Waals surface area contributed by atoms with Gasteiger partial charge < -0.3 is 15.3 Å². The first-order valence-corrected chi connectivity index (χ1v) is 7.32. The molecule has 1 aliphatic carbocycles. The molecule has 0 aliphatic heterocycles. The van der Waals surface area contributed by atoms with Gasteiger partial charge in [-0.15, -0.1) is 0 Å². The third-order valence-corrected chi connectivity index (χ3v) is 4.10. The number of hydrogen-bond donors (Lipinski definition) is 2. The first-order chi connectivity index (χ1) is 10.2. The number of nitrogens with zero attached hydrogens (tertiary/aromatic N) is 1. The van der Waals surface area contributed by atoms with E-state index in [4.69, 9.17) is 0 Å². The number of benzene rings is 1. The second-order valence-electron chi connectivity index (χ2n) is 6.30. The van der Waals surface area contributed by atoms with Crippen molar-refractivity contribution in [3.8, 4) is 0 Å². The minimum Gasteiger partial charge on any atom is -0.383 e. The first-order valence-electron chi connectivity index (χ1n) is 7.32. The highest BCUT2D eigenvalue weighted by Gasteiger charge is 2.61. The average molecular weight is 312 g/mol. The molecule has 2 N–H and O–H groups in total. The van der Waals surface area contributed by atoms with Crippen molar-refractivity contribution in [1.82, 2.24) is 4.90 Å². The summed E-state index contributed by atoms with van der Waals surface area (Å²) >= 11 is 0. The van der Waals surface area contributed by atoms with Crippen LogP contribution in [0.4, 0.5) is 14.5 Å². The number of anilines is 1. The fourth-order valence-electron chi connectivity index (χ4n) is 2.51. The normalized spacial score (nSPS) is 17.2. The molecule has 22 heavy (non-hydrogen) atoms. The van der Waals surface area contributed by atoms with Crippen molar-refractivity contribution in [1.29, 1.82) is 0 Å². The van der Waals surface area contributed by atoms with E-state index in [2.05, 4.69) is 5.32 Å². The van der Waals surface area contributed by atoms with Crippen molar-refractivity contribution in [2.75, 3.05) is 19.4 Å². The van der Waals surface area contributed by atoms with E-state index in [1.165, 1.54) is 0 Å². The van der Waals surface area contributed by atoms with Gasteiger partial charge in [-0.25, -0.2) is 0 Å². The Hall–Kier alpha value is -1.53. The van der Waals surface area contributed by atoms with Gasteiger partial charge in [0.05, 0.1) is 0 Å². The van der Waals surface area contributed by atoms with Crippen molar-refractivity contribution in [2.24, 2.45) is 0 Å². The molecule has 0 heterocycles. The van der Waals surface area contributed by atoms with Crippen LogP contribution in [-0.2, 0) is 11.3 Å². The second kappa shape index (κ2) is 5.93. The van der Waals surface area contributed by atoms with Gasteiger partial charge in [0.15, 0.2) is 0 Å². The summed E-state index contributed by atoms with van der Waals surface area (Å²) in [7, 11) is 3.80. The van der Waals surface area contributed by atoms with Crippen LogP contribution in [-0.4, -0.2) is 41.5 Å². The number of amides is 1. The molecule has 0 spiro atoms. The second-order valence-corrected chi connectivity index (χ2v) is 6.30. The van der Waals surface area contributed by atoms with Gasteiger partial charge in [-0.1, -0.05) is 12.1 Å². The zero-order valence-corrected chi connectivity index (χ0v) is 13.1. The van der Waals surface area contributed by atoms with Gasteiger partial charge >= 0.3 is 5.92 Å². The van der Waals surface area contributed by atoms with Gasteiger partial charge in [0.25, 0.3) is 5.91 Å². The molecule has 0 saturated heterocycles. The molecule has 1 fully saturated rings.